The van der Waals surface area contributed by atoms with Crippen molar-refractivity contribution >= 4 is 22.4 Å². The first-order valence-corrected chi connectivity index (χ1v) is 10.6. The van der Waals surface area contributed by atoms with Crippen LogP contribution in [-0.2, 0) is 11.0 Å². The maximum atomic E-state index is 13.3. The van der Waals surface area contributed by atoms with Gasteiger partial charge in [0, 0.05) is 32.0 Å². The molecule has 1 saturated carbocycles. The van der Waals surface area contributed by atoms with E-state index in [1.54, 1.807) is 4.90 Å². The van der Waals surface area contributed by atoms with Gasteiger partial charge in [-0.25, -0.2) is 0 Å². The van der Waals surface area contributed by atoms with E-state index in [0.29, 0.717) is 6.54 Å². The Labute approximate surface area is 162 Å². The van der Waals surface area contributed by atoms with Crippen LogP contribution in [0.15, 0.2) is 18.2 Å². The molecule has 0 spiro atoms. The third-order valence-corrected chi connectivity index (χ3v) is 8.71. The van der Waals surface area contributed by atoms with Crippen LogP contribution in [0.3, 0.4) is 0 Å². The van der Waals surface area contributed by atoms with Gasteiger partial charge in [-0.3, -0.25) is 18.2 Å². The van der Waals surface area contributed by atoms with Crippen LogP contribution in [0.2, 0.25) is 0 Å². The van der Waals surface area contributed by atoms with Gasteiger partial charge >= 0.3 is 6.18 Å². The van der Waals surface area contributed by atoms with Crippen LogP contribution in [0.4, 0.5) is 18.9 Å². The Kier molecular flexibility index (Phi) is 4.34. The minimum atomic E-state index is -4.72. The summed E-state index contributed by atoms with van der Waals surface area (Å²) in [5.41, 5.74) is -1.56. The van der Waals surface area contributed by atoms with Crippen LogP contribution in [0.25, 0.3) is 0 Å². The van der Waals surface area contributed by atoms with Crippen LogP contribution >= 0.6 is 10.8 Å². The first kappa shape index (κ1) is 19.4. The minimum Gasteiger partial charge on any atom is -0.339 e. The summed E-state index contributed by atoms with van der Waals surface area (Å²) in [5.74, 6) is -0.360. The number of alkyl halides is 3. The molecule has 5 rings (SSSR count). The quantitative estimate of drug-likeness (QED) is 0.731. The maximum Gasteiger partial charge on any atom is 0.417 e. The lowest BCUT2D eigenvalue weighted by molar-refractivity contribution is -0.139. The van der Waals surface area contributed by atoms with Gasteiger partial charge in [-0.15, -0.1) is 10.8 Å². The Morgan fingerprint density at radius 2 is 2.00 bits per heavy atom. The van der Waals surface area contributed by atoms with Gasteiger partial charge in [0.2, 0.25) is 5.91 Å². The zero-order valence-corrected chi connectivity index (χ0v) is 15.9. The van der Waals surface area contributed by atoms with Crippen molar-refractivity contribution in [1.82, 2.24) is 4.90 Å². The highest BCUT2D eigenvalue weighted by Gasteiger charge is 2.59. The molecule has 28 heavy (non-hydrogen) atoms. The van der Waals surface area contributed by atoms with E-state index in [1.807, 2.05) is 0 Å². The topological polar surface area (TPSA) is 87.8 Å². The Morgan fingerprint density at radius 3 is 2.61 bits per heavy atom. The van der Waals surface area contributed by atoms with Crippen molar-refractivity contribution in [2.24, 2.45) is 11.8 Å². The number of nitrogens with zero attached hydrogens (tertiary/aromatic N) is 3. The van der Waals surface area contributed by atoms with Gasteiger partial charge in [-0.2, -0.15) is 18.4 Å². The van der Waals surface area contributed by atoms with Gasteiger partial charge in [-0.05, 0) is 37.0 Å². The Hall–Kier alpha value is -1.96. The number of carbonyl (C=O) groups excluding carboxylic acids is 1. The lowest BCUT2D eigenvalue weighted by atomic mass is 9.72. The summed E-state index contributed by atoms with van der Waals surface area (Å²) in [4.78, 5) is 13.7. The third kappa shape index (κ3) is 2.76. The fraction of sp³-hybridized carbons (Fsp3) is 0.556. The Morgan fingerprint density at radius 1 is 1.29 bits per heavy atom. The van der Waals surface area contributed by atoms with Gasteiger partial charge in [-0.1, -0.05) is 0 Å². The zero-order valence-electron chi connectivity index (χ0n) is 15.1. The SMILES string of the molecule is CC(=O)N1C[C@H]2CC[C@@H]1[C@@H]1CN(c3ccc(C#N)c(C(F)(F)F)c3)S(O)(O)[C@H]21. The number of hydrogen-bond donors (Lipinski definition) is 2. The summed E-state index contributed by atoms with van der Waals surface area (Å²) >= 11 is 0. The third-order valence-electron chi connectivity index (χ3n) is 6.23. The molecule has 1 aliphatic carbocycles. The minimum absolute atomic E-state index is 0.0366. The van der Waals surface area contributed by atoms with Gasteiger partial charge in [0.1, 0.15) is 0 Å². The van der Waals surface area contributed by atoms with Crippen molar-refractivity contribution < 1.29 is 27.1 Å². The van der Waals surface area contributed by atoms with E-state index in [9.17, 15) is 27.1 Å². The van der Waals surface area contributed by atoms with Gasteiger partial charge in [0.05, 0.1) is 28.1 Å². The van der Waals surface area contributed by atoms with Crippen LogP contribution in [0.1, 0.15) is 30.9 Å². The van der Waals surface area contributed by atoms with E-state index in [4.69, 9.17) is 5.26 Å². The fourth-order valence-corrected chi connectivity index (χ4v) is 7.69. The normalized spacial score (nSPS) is 32.0. The average molecular weight is 415 g/mol. The first-order chi connectivity index (χ1) is 13.1. The van der Waals surface area contributed by atoms with E-state index in [1.165, 1.54) is 23.4 Å². The van der Waals surface area contributed by atoms with Gasteiger partial charge < -0.3 is 4.90 Å². The number of hydrogen-bond acceptors (Lipinski definition) is 5. The molecule has 6 nitrogen and oxygen atoms in total. The monoisotopic (exact) mass is 415 g/mol. The van der Waals surface area contributed by atoms with Crippen LogP contribution in [0.5, 0.6) is 0 Å². The molecule has 2 N–H and O–H groups in total. The smallest absolute Gasteiger partial charge is 0.339 e. The van der Waals surface area contributed by atoms with E-state index < -0.39 is 33.3 Å². The highest BCUT2D eigenvalue weighted by atomic mass is 32.3. The van der Waals surface area contributed by atoms with E-state index >= 15 is 0 Å². The Balaban J connectivity index is 1.73. The molecular weight excluding hydrogens is 395 g/mol. The summed E-state index contributed by atoms with van der Waals surface area (Å²) in [6, 6.07) is 4.60. The number of halogens is 3. The average Bonchev–Trinajstić information content (AvgIpc) is 2.94. The molecule has 1 aromatic carbocycles. The van der Waals surface area contributed by atoms with Crippen LogP contribution < -0.4 is 4.31 Å². The van der Waals surface area contributed by atoms with Crippen LogP contribution in [-0.4, -0.2) is 44.3 Å². The van der Waals surface area contributed by atoms with Gasteiger partial charge in [0.15, 0.2) is 0 Å². The standard InChI is InChI=1S/C18H20F3N3O3S/c1-10(25)23-8-12-3-5-16(23)14-9-24(28(26,27)17(12)14)13-4-2-11(7-22)15(6-13)18(19,20)21/h2,4,6,12,14,16-17,26-27H,3,5,8-9H2,1H3/t12-,14+,16-,17-/m1/s1. The van der Waals surface area contributed by atoms with Crippen molar-refractivity contribution in [3.63, 3.8) is 0 Å². The summed E-state index contributed by atoms with van der Waals surface area (Å²) in [7, 11) is -3.36. The van der Waals surface area contributed by atoms with E-state index in [2.05, 4.69) is 0 Å². The zero-order chi connectivity index (χ0) is 20.4. The predicted octanol–water partition coefficient (Wildman–Crippen LogP) is 3.69. The van der Waals surface area contributed by atoms with Crippen molar-refractivity contribution in [2.75, 3.05) is 17.4 Å². The summed E-state index contributed by atoms with van der Waals surface area (Å²) < 4.78 is 63.2. The molecule has 3 aliphatic heterocycles. The maximum absolute atomic E-state index is 13.3. The van der Waals surface area contributed by atoms with Crippen molar-refractivity contribution in [3.8, 4) is 6.07 Å². The summed E-state index contributed by atoms with van der Waals surface area (Å²) in [6.45, 7) is 2.10. The van der Waals surface area contributed by atoms with E-state index in [-0.39, 0.29) is 36.0 Å². The number of amides is 1. The second-order valence-corrected chi connectivity index (χ2v) is 9.77. The summed E-state index contributed by atoms with van der Waals surface area (Å²) in [5, 5.41) is 8.51. The lowest BCUT2D eigenvalue weighted by Gasteiger charge is -2.55. The number of carbonyl (C=O) groups is 1. The molecule has 0 unspecified atom stereocenters. The number of benzene rings is 1. The molecule has 1 amide bonds. The molecular formula is C18H20F3N3O3S. The Bertz CT molecular complexity index is 870. The molecule has 3 heterocycles. The molecule has 4 aliphatic rings. The fourth-order valence-electron chi connectivity index (χ4n) is 5.11. The largest absolute Gasteiger partial charge is 0.417 e. The number of nitriles is 1. The lowest BCUT2D eigenvalue weighted by Crippen LogP contribution is -2.60. The van der Waals surface area contributed by atoms with E-state index in [0.717, 1.165) is 25.0 Å². The summed E-state index contributed by atoms with van der Waals surface area (Å²) in [6.07, 6.45) is -3.20. The molecule has 1 aromatic rings. The predicted molar refractivity (Wildman–Crippen MR) is 97.5 cm³/mol. The molecule has 152 valence electrons. The highest BCUT2D eigenvalue weighted by molar-refractivity contribution is 8.26. The van der Waals surface area contributed by atoms with Crippen molar-refractivity contribution in [3.05, 3.63) is 29.3 Å². The highest BCUT2D eigenvalue weighted by Crippen LogP contribution is 2.65. The first-order valence-electron chi connectivity index (χ1n) is 8.99. The van der Waals surface area contributed by atoms with Crippen molar-refractivity contribution in [2.45, 2.75) is 37.2 Å². The van der Waals surface area contributed by atoms with Crippen molar-refractivity contribution in [1.29, 1.82) is 5.26 Å². The number of piperidine rings is 2. The van der Waals surface area contributed by atoms with Crippen LogP contribution in [0, 0.1) is 23.2 Å². The van der Waals surface area contributed by atoms with Gasteiger partial charge in [0.25, 0.3) is 0 Å². The molecule has 4 atom stereocenters. The molecule has 2 bridgehead atoms. The molecule has 10 heteroatoms. The number of anilines is 1. The molecule has 3 saturated heterocycles. The molecule has 0 aromatic heterocycles. The molecule has 4 fully saturated rings. The second-order valence-electron chi connectivity index (χ2n) is 7.67. The second kappa shape index (κ2) is 6.27. The molecule has 0 radical (unpaired) electrons. The number of rotatable bonds is 1. The number of fused-ring (bicyclic) bond motifs is 2.